The molecule has 504 valence electrons. The number of carbonyl (C=O) groups is 2. The van der Waals surface area contributed by atoms with E-state index in [1.165, 1.54) is 250 Å². The van der Waals surface area contributed by atoms with Crippen molar-refractivity contribution in [3.8, 4) is 11.5 Å². The molecule has 0 aromatic heterocycles. The molecule has 7 heteroatoms. The summed E-state index contributed by atoms with van der Waals surface area (Å²) >= 11 is 0. The summed E-state index contributed by atoms with van der Waals surface area (Å²) in [4.78, 5) is 26.3. The largest absolute Gasteiger partial charge is 0.468 e. The van der Waals surface area contributed by atoms with Gasteiger partial charge in [0.05, 0.1) is 40.8 Å². The Balaban J connectivity index is 0.782. The summed E-state index contributed by atoms with van der Waals surface area (Å²) < 4.78 is 21.1. The molecule has 0 spiro atoms. The minimum atomic E-state index is -0.254. The van der Waals surface area contributed by atoms with Crippen LogP contribution in [0.3, 0.4) is 0 Å². The van der Waals surface area contributed by atoms with Crippen molar-refractivity contribution in [1.29, 1.82) is 0 Å². The average molecular weight is 1280 g/mol. The van der Waals surface area contributed by atoms with E-state index in [4.69, 9.17) is 14.2 Å². The van der Waals surface area contributed by atoms with Crippen LogP contribution in [0.1, 0.15) is 285 Å². The second-order valence-electron chi connectivity index (χ2n) is 30.2. The number of hydrogen-bond acceptors (Lipinski definition) is 6. The molecular weight excluding hydrogens is 1160 g/mol. The average Bonchev–Trinajstić information content (AvgIpc) is 1.63. The fourth-order valence-corrected chi connectivity index (χ4v) is 16.3. The van der Waals surface area contributed by atoms with Crippen LogP contribution in [0.15, 0.2) is 121 Å². The summed E-state index contributed by atoms with van der Waals surface area (Å²) in [6, 6.07) is 45.2. The number of ether oxygens (including phenoxy) is 3. The molecule has 95 heavy (non-hydrogen) atoms. The highest BCUT2D eigenvalue weighted by Gasteiger charge is 2.46. The molecule has 7 nitrogen and oxygen atoms in total. The first kappa shape index (κ1) is 69.4. The molecule has 3 aliphatic rings. The minimum Gasteiger partial charge on any atom is -0.468 e. The maximum Gasteiger partial charge on any atom is 0.338 e. The van der Waals surface area contributed by atoms with E-state index in [1.807, 2.05) is 12.1 Å². The summed E-state index contributed by atoms with van der Waals surface area (Å²) in [7, 11) is 0. The standard InChI is InChI=1S/C88H113N2O5/c1-7-8-9-10-11-12-13-14-15-17-21-24-27-30-33-40-55-94-86(92)68-48-46-66(47-49-68)61-89-62-87(3,4)80-82(89)76-58-71-44-37-35-42-69(71)56-74(76)78-60-79-75-57-70-43-36-38-45-72(70)59-77(75)83-81(85(79)95-84(78)80)88(5,6)63-90(83)73-52-50-67(51-53-73)65(2)41-34-31-28-25-22-19-16-18-20-23-26-29-32-39-54-93-64-91/h35-38,42-53,56-60,64-65H,7-34,39-41,54-55,61-63H2,1-6H3/q+1. The van der Waals surface area contributed by atoms with E-state index >= 15 is 0 Å². The maximum atomic E-state index is 13.4. The summed E-state index contributed by atoms with van der Waals surface area (Å²) in [5, 5.41) is 12.2. The normalized spacial score (nSPS) is 14.6. The quantitative estimate of drug-likeness (QED) is 0.0125. The van der Waals surface area contributed by atoms with Gasteiger partial charge in [-0.25, -0.2) is 9.37 Å². The Kier molecular flexibility index (Phi) is 24.7. The van der Waals surface area contributed by atoms with E-state index in [0.717, 1.165) is 66.6 Å². The van der Waals surface area contributed by atoms with E-state index in [1.54, 1.807) is 0 Å². The van der Waals surface area contributed by atoms with Crippen LogP contribution in [0.2, 0.25) is 0 Å². The minimum absolute atomic E-state index is 0.231. The molecule has 1 unspecified atom stereocenters. The van der Waals surface area contributed by atoms with Gasteiger partial charge in [-0.15, -0.1) is 0 Å². The van der Waals surface area contributed by atoms with Crippen LogP contribution in [0, 0.1) is 0 Å². The number of benzene rings is 8. The number of anilines is 2. The number of fused-ring (bicyclic) bond motifs is 14. The van der Waals surface area contributed by atoms with E-state index < -0.39 is 0 Å². The number of carbonyl (C=O) groups excluding carboxylic acids is 2. The number of hydrogen-bond donors (Lipinski definition) is 0. The summed E-state index contributed by atoms with van der Waals surface area (Å²) in [6.07, 6.45) is 43.0. The molecule has 8 aromatic rings. The fraction of sp³-hybridized carbons (Fsp3) is 0.511. The van der Waals surface area contributed by atoms with Gasteiger partial charge in [-0.2, -0.15) is 0 Å². The van der Waals surface area contributed by atoms with Crippen LogP contribution in [0.25, 0.3) is 49.2 Å². The van der Waals surface area contributed by atoms with Gasteiger partial charge in [0.2, 0.25) is 5.36 Å². The molecule has 11 rings (SSSR count). The lowest BCUT2D eigenvalue weighted by atomic mass is 9.80. The highest BCUT2D eigenvalue weighted by molar-refractivity contribution is 6.13. The van der Waals surface area contributed by atoms with Gasteiger partial charge < -0.3 is 19.1 Å². The smallest absolute Gasteiger partial charge is 0.338 e. The van der Waals surface area contributed by atoms with Crippen LogP contribution in [-0.2, 0) is 31.6 Å². The molecule has 0 saturated carbocycles. The van der Waals surface area contributed by atoms with Crippen LogP contribution < -0.4 is 24.8 Å². The van der Waals surface area contributed by atoms with Crippen molar-refractivity contribution in [2.24, 2.45) is 0 Å². The van der Waals surface area contributed by atoms with Crippen molar-refractivity contribution in [2.75, 3.05) is 31.2 Å². The fourth-order valence-electron chi connectivity index (χ4n) is 16.3. The lowest BCUT2D eigenvalue weighted by Gasteiger charge is -2.28. The molecule has 8 aromatic carbocycles. The monoisotopic (exact) mass is 1280 g/mol. The third kappa shape index (κ3) is 17.2. The third-order valence-electron chi connectivity index (χ3n) is 21.6. The van der Waals surface area contributed by atoms with Crippen LogP contribution >= 0.6 is 0 Å². The van der Waals surface area contributed by atoms with Crippen molar-refractivity contribution in [3.63, 3.8) is 0 Å². The third-order valence-corrected chi connectivity index (χ3v) is 21.6. The van der Waals surface area contributed by atoms with Gasteiger partial charge in [-0.05, 0) is 132 Å². The SMILES string of the molecule is CCCCCCCCCCCCCCCCCCOC(=O)c1ccc(C[N+]2=c3c(c4c(c5cc6ccccc6cc35)=Cc3c(c5c(c6cc7ccccc7cc36)N(c3ccc(C(C)CCCCCCCCCCCCCCCCOC=O)cc3)CC5(C)C)O4)C(C)(C)C2)cc1. The maximum absolute atomic E-state index is 13.4. The molecular formula is C88H113N2O5+. The predicted molar refractivity (Wildman–Crippen MR) is 401 cm³/mol. The second-order valence-corrected chi connectivity index (χ2v) is 30.2. The molecule has 0 aliphatic carbocycles. The first-order chi connectivity index (χ1) is 46.4. The number of rotatable bonds is 40. The molecule has 0 saturated heterocycles. The zero-order chi connectivity index (χ0) is 66.0. The molecule has 0 N–H and O–H groups in total. The topological polar surface area (TPSA) is 68.1 Å². The van der Waals surface area contributed by atoms with E-state index in [2.05, 4.69) is 166 Å². The Labute approximate surface area is 570 Å². The van der Waals surface area contributed by atoms with E-state index in [0.29, 0.717) is 37.7 Å². The van der Waals surface area contributed by atoms with Gasteiger partial charge in [0, 0.05) is 44.9 Å². The van der Waals surface area contributed by atoms with Gasteiger partial charge in [0.1, 0.15) is 11.5 Å². The van der Waals surface area contributed by atoms with E-state index in [-0.39, 0.29) is 16.8 Å². The molecule has 3 heterocycles. The molecule has 0 bridgehead atoms. The molecule has 0 amide bonds. The van der Waals surface area contributed by atoms with E-state index in [9.17, 15) is 9.59 Å². The molecule has 0 radical (unpaired) electrons. The number of nitrogens with zero attached hydrogens (tertiary/aromatic N) is 2. The van der Waals surface area contributed by atoms with Crippen molar-refractivity contribution >= 4 is 73.0 Å². The van der Waals surface area contributed by atoms with Crippen molar-refractivity contribution in [1.82, 2.24) is 4.58 Å². The molecule has 1 atom stereocenters. The zero-order valence-electron chi connectivity index (χ0n) is 59.2. The Bertz CT molecular complexity index is 3990. The molecule has 0 fully saturated rings. The summed E-state index contributed by atoms with van der Waals surface area (Å²) in [6.45, 7) is 18.3. The number of esters is 1. The zero-order valence-corrected chi connectivity index (χ0v) is 59.2. The molecule has 3 aliphatic heterocycles. The van der Waals surface area contributed by atoms with Crippen molar-refractivity contribution in [3.05, 3.63) is 165 Å². The van der Waals surface area contributed by atoms with Gasteiger partial charge >= 0.3 is 5.97 Å². The summed E-state index contributed by atoms with van der Waals surface area (Å²) in [5.74, 6) is 2.24. The Morgan fingerprint density at radius 2 is 1.02 bits per heavy atom. The number of unbranched alkanes of at least 4 members (excludes halogenated alkanes) is 28. The lowest BCUT2D eigenvalue weighted by molar-refractivity contribution is -0.128. The predicted octanol–water partition coefficient (Wildman–Crippen LogP) is 23.2. The van der Waals surface area contributed by atoms with Gasteiger partial charge in [0.15, 0.2) is 13.1 Å². The Morgan fingerprint density at radius 3 is 1.56 bits per heavy atom. The Hall–Kier alpha value is -6.99. The van der Waals surface area contributed by atoms with Gasteiger partial charge in [-0.1, -0.05) is 280 Å². The van der Waals surface area contributed by atoms with Crippen LogP contribution in [0.4, 0.5) is 11.4 Å². The first-order valence-electron chi connectivity index (χ1n) is 38.0. The highest BCUT2D eigenvalue weighted by Crippen LogP contribution is 2.57. The second kappa shape index (κ2) is 33.8. The van der Waals surface area contributed by atoms with Crippen LogP contribution in [0.5, 0.6) is 11.5 Å². The van der Waals surface area contributed by atoms with Gasteiger partial charge in [-0.3, -0.25) is 4.79 Å². The first-order valence-corrected chi connectivity index (χ1v) is 38.0. The van der Waals surface area contributed by atoms with Crippen LogP contribution in [-0.4, -0.2) is 38.7 Å². The highest BCUT2D eigenvalue weighted by atomic mass is 16.5. The summed E-state index contributed by atoms with van der Waals surface area (Å²) in [5.41, 5.74) is 8.89. The Morgan fingerprint density at radius 1 is 0.537 bits per heavy atom. The van der Waals surface area contributed by atoms with Crippen molar-refractivity contribution < 1.29 is 23.8 Å². The lowest BCUT2D eigenvalue weighted by Crippen LogP contribution is -2.30. The van der Waals surface area contributed by atoms with Gasteiger partial charge in [0.25, 0.3) is 6.47 Å². The van der Waals surface area contributed by atoms with Crippen molar-refractivity contribution in [2.45, 2.75) is 264 Å².